The maximum Gasteiger partial charge on any atom is 1.00 e. The van der Waals surface area contributed by atoms with Crippen molar-refractivity contribution in [2.24, 2.45) is 0 Å². The molecule has 0 amide bonds. The van der Waals surface area contributed by atoms with Gasteiger partial charge in [-0.05, 0) is 30.1 Å². The molecule has 182 valence electrons. The summed E-state index contributed by atoms with van der Waals surface area (Å²) in [4.78, 5) is 10.5. The van der Waals surface area contributed by atoms with Crippen molar-refractivity contribution in [3.8, 4) is 5.75 Å². The van der Waals surface area contributed by atoms with Gasteiger partial charge < -0.3 is 20.9 Å². The number of hydrogen-bond acceptors (Lipinski definition) is 3. The van der Waals surface area contributed by atoms with E-state index in [1.54, 1.807) is 18.3 Å². The second-order valence-electron chi connectivity index (χ2n) is 7.62. The summed E-state index contributed by atoms with van der Waals surface area (Å²) in [5.41, 5.74) is 3.40. The molecule has 7 heteroatoms. The minimum atomic E-state index is -0.937. The number of aromatic amines is 1. The van der Waals surface area contributed by atoms with Crippen LogP contribution in [0.3, 0.4) is 0 Å². The molecule has 2 N–H and O–H groups in total. The third-order valence-electron chi connectivity index (χ3n) is 4.56. The van der Waals surface area contributed by atoms with Crippen molar-refractivity contribution >= 4 is 16.9 Å². The molecule has 0 saturated heterocycles. The number of hydrogen-bond donors (Lipinski definition) is 2. The molecule has 0 fully saturated rings. The fourth-order valence-electron chi connectivity index (χ4n) is 2.31. The van der Waals surface area contributed by atoms with Gasteiger partial charge in [-0.15, -0.1) is 18.2 Å². The molecule has 4 rings (SSSR count). The second kappa shape index (κ2) is 18.3. The molecule has 3 aromatic carbocycles. The summed E-state index contributed by atoms with van der Waals surface area (Å²) in [5, 5.41) is 16.5. The number of ether oxygens (including phenoxy) is 1. The third kappa shape index (κ3) is 13.6. The smallest absolute Gasteiger partial charge is 0.496 e. The van der Waals surface area contributed by atoms with Gasteiger partial charge in [0.2, 0.25) is 0 Å². The van der Waals surface area contributed by atoms with Gasteiger partial charge in [-0.1, -0.05) is 25.3 Å². The number of carbonyl (C=O) groups is 1. The van der Waals surface area contributed by atoms with Crippen molar-refractivity contribution in [2.75, 3.05) is 7.11 Å². The van der Waals surface area contributed by atoms with Crippen molar-refractivity contribution in [1.29, 1.82) is 0 Å². The molecular formula is C28H32FKN2O3-2. The first-order valence-corrected chi connectivity index (χ1v) is 10.8. The van der Waals surface area contributed by atoms with Gasteiger partial charge in [0.25, 0.3) is 0 Å². The fraction of sp³-hybridized carbons (Fsp3) is 0.250. The summed E-state index contributed by atoms with van der Waals surface area (Å²) in [6, 6.07) is 20.4. The fourth-order valence-corrected chi connectivity index (χ4v) is 2.31. The molecular weight excluding hydrogens is 470 g/mol. The first kappa shape index (κ1) is 33.0. The standard InChI is InChI=1S/C9H10O3.C8H7N2.C6H4F.C5H11.K/c1-6-3-4-7(9(10)11)5-8(6)12-2;1-6-2-3-7-5-9-10-8(7)4-6;7-6-4-2-1-3-5-6;1-4-5(2)3;/h3-5H,1-2H3,(H,10,11);3-5H,1H3,(H,9,10);2-5H;4H2,1-3H3;/q;3*-1;+1. The predicted molar refractivity (Wildman–Crippen MR) is 134 cm³/mol. The van der Waals surface area contributed by atoms with Crippen LogP contribution < -0.4 is 56.1 Å². The molecule has 0 spiro atoms. The monoisotopic (exact) mass is 502 g/mol. The SMILES string of the molecule is CC[C-](C)C.COc1cc(C(=O)O)ccc1C.Cc1[c-]cc2cn[nH]c2c1.Fc1cc[c-]cc1.[K+]. The quantitative estimate of drug-likeness (QED) is 0.328. The number of carboxylic acids is 1. The molecule has 0 atom stereocenters. The number of nitrogens with zero attached hydrogens (tertiary/aromatic N) is 1. The molecule has 4 aromatic rings. The van der Waals surface area contributed by atoms with Gasteiger partial charge in [-0.25, -0.2) is 9.18 Å². The average molecular weight is 503 g/mol. The topological polar surface area (TPSA) is 75.2 Å². The Morgan fingerprint density at radius 3 is 2.29 bits per heavy atom. The predicted octanol–water partition coefficient (Wildman–Crippen LogP) is 4.01. The molecule has 1 heterocycles. The normalized spacial score (nSPS) is 9.37. The zero-order valence-corrected chi connectivity index (χ0v) is 24.7. The molecule has 0 aliphatic carbocycles. The van der Waals surface area contributed by atoms with E-state index in [-0.39, 0.29) is 62.8 Å². The molecule has 1 aromatic heterocycles. The maximum absolute atomic E-state index is 11.9. The first-order chi connectivity index (χ1) is 16.2. The third-order valence-corrected chi connectivity index (χ3v) is 4.56. The van der Waals surface area contributed by atoms with Crippen LogP contribution in [0.4, 0.5) is 4.39 Å². The molecule has 0 aliphatic rings. The summed E-state index contributed by atoms with van der Waals surface area (Å²) < 4.78 is 16.9. The van der Waals surface area contributed by atoms with Gasteiger partial charge in [0.15, 0.2) is 0 Å². The number of aryl methyl sites for hydroxylation is 2. The molecule has 35 heavy (non-hydrogen) atoms. The number of aromatic carboxylic acids is 1. The Labute approximate surface area is 250 Å². The molecule has 0 radical (unpaired) electrons. The van der Waals surface area contributed by atoms with Gasteiger partial charge in [-0.3, -0.25) is 0 Å². The number of nitrogens with one attached hydrogen (secondary N) is 1. The van der Waals surface area contributed by atoms with E-state index in [0.29, 0.717) is 5.75 Å². The van der Waals surface area contributed by atoms with Crippen molar-refractivity contribution in [1.82, 2.24) is 10.2 Å². The molecule has 0 saturated carbocycles. The minimum absolute atomic E-state index is 0. The van der Waals surface area contributed by atoms with Crippen LogP contribution in [-0.4, -0.2) is 28.4 Å². The molecule has 0 unspecified atom stereocenters. The molecule has 0 aliphatic heterocycles. The first-order valence-electron chi connectivity index (χ1n) is 10.8. The van der Waals surface area contributed by atoms with Gasteiger partial charge >= 0.3 is 57.4 Å². The van der Waals surface area contributed by atoms with Crippen LogP contribution in [0.2, 0.25) is 0 Å². The van der Waals surface area contributed by atoms with Crippen LogP contribution >= 0.6 is 0 Å². The number of H-pyrrole nitrogens is 1. The van der Waals surface area contributed by atoms with Crippen molar-refractivity contribution in [2.45, 2.75) is 41.0 Å². The number of benzene rings is 3. The number of methoxy groups -OCH3 is 1. The van der Waals surface area contributed by atoms with Crippen LogP contribution in [0.1, 0.15) is 48.7 Å². The Kier molecular flexibility index (Phi) is 17.2. The van der Waals surface area contributed by atoms with E-state index in [4.69, 9.17) is 9.84 Å². The van der Waals surface area contributed by atoms with Crippen LogP contribution in [0, 0.1) is 37.7 Å². The van der Waals surface area contributed by atoms with Crippen molar-refractivity contribution in [3.05, 3.63) is 101 Å². The number of rotatable bonds is 3. The zero-order chi connectivity index (χ0) is 25.5. The van der Waals surface area contributed by atoms with E-state index in [2.05, 4.69) is 43.1 Å². The Morgan fingerprint density at radius 2 is 1.80 bits per heavy atom. The van der Waals surface area contributed by atoms with Crippen LogP contribution in [0.25, 0.3) is 10.9 Å². The summed E-state index contributed by atoms with van der Waals surface area (Å²) in [6.07, 6.45) is 3.02. The zero-order valence-electron chi connectivity index (χ0n) is 21.6. The van der Waals surface area contributed by atoms with Crippen molar-refractivity contribution in [3.63, 3.8) is 0 Å². The number of carboxylic acid groups (broad SMARTS) is 1. The Morgan fingerprint density at radius 1 is 1.17 bits per heavy atom. The van der Waals surface area contributed by atoms with Gasteiger partial charge in [0.1, 0.15) is 5.75 Å². The number of halogens is 1. The minimum Gasteiger partial charge on any atom is -0.496 e. The summed E-state index contributed by atoms with van der Waals surface area (Å²) in [6.45, 7) is 10.3. The van der Waals surface area contributed by atoms with E-state index < -0.39 is 5.97 Å². The largest absolute Gasteiger partial charge is 1.00 e. The second-order valence-corrected chi connectivity index (χ2v) is 7.62. The number of aromatic nitrogens is 2. The Hall–Kier alpha value is -2.03. The van der Waals surface area contributed by atoms with Gasteiger partial charge in [-0.2, -0.15) is 61.3 Å². The van der Waals surface area contributed by atoms with Gasteiger partial charge in [0.05, 0.1) is 12.7 Å². The Balaban J connectivity index is 0.000000457. The number of fused-ring (bicyclic) bond motifs is 1. The van der Waals surface area contributed by atoms with E-state index >= 15 is 0 Å². The summed E-state index contributed by atoms with van der Waals surface area (Å²) >= 11 is 0. The summed E-state index contributed by atoms with van der Waals surface area (Å²) in [7, 11) is 1.52. The molecule has 5 nitrogen and oxygen atoms in total. The Bertz CT molecular complexity index is 1130. The van der Waals surface area contributed by atoms with Crippen molar-refractivity contribution < 1.29 is 70.4 Å². The van der Waals surface area contributed by atoms with Crippen LogP contribution in [0.15, 0.2) is 60.8 Å². The van der Waals surface area contributed by atoms with Gasteiger partial charge in [0, 0.05) is 12.0 Å². The molecule has 0 bridgehead atoms. The van der Waals surface area contributed by atoms with E-state index in [1.165, 1.54) is 49.8 Å². The van der Waals surface area contributed by atoms with Crippen LogP contribution in [0.5, 0.6) is 5.75 Å². The van der Waals surface area contributed by atoms with E-state index in [0.717, 1.165) is 22.0 Å². The van der Waals surface area contributed by atoms with Crippen LogP contribution in [-0.2, 0) is 0 Å². The maximum atomic E-state index is 11.9. The van der Waals surface area contributed by atoms with E-state index in [9.17, 15) is 9.18 Å². The average Bonchev–Trinajstić information content (AvgIpc) is 3.28. The van der Waals surface area contributed by atoms with E-state index in [1.807, 2.05) is 26.0 Å². The summed E-state index contributed by atoms with van der Waals surface area (Å²) in [5.74, 6) is 0.965.